The molecule has 0 spiro atoms. The van der Waals surface area contributed by atoms with Crippen molar-refractivity contribution in [1.82, 2.24) is 10.4 Å². The fourth-order valence-corrected chi connectivity index (χ4v) is 5.06. The van der Waals surface area contributed by atoms with E-state index < -0.39 is 0 Å². The van der Waals surface area contributed by atoms with Crippen molar-refractivity contribution >= 4 is 33.0 Å². The van der Waals surface area contributed by atoms with E-state index in [1.807, 2.05) is 30.3 Å². The molecule has 0 radical (unpaired) electrons. The Morgan fingerprint density at radius 2 is 1.86 bits per heavy atom. The summed E-state index contributed by atoms with van der Waals surface area (Å²) in [5, 5.41) is 4.24. The van der Waals surface area contributed by atoms with Crippen LogP contribution < -0.4 is 19.6 Å². The summed E-state index contributed by atoms with van der Waals surface area (Å²) in [7, 11) is 0. The molecule has 0 bridgehead atoms. The molecule has 28 heavy (non-hydrogen) atoms. The summed E-state index contributed by atoms with van der Waals surface area (Å²) in [4.78, 5) is 1.20. The Labute approximate surface area is 174 Å². The van der Waals surface area contributed by atoms with Gasteiger partial charge in [0.2, 0.25) is 6.79 Å². The summed E-state index contributed by atoms with van der Waals surface area (Å²) >= 11 is 5.41. The molecule has 1 aromatic heterocycles. The summed E-state index contributed by atoms with van der Waals surface area (Å²) in [6, 6.07) is 16.4. The number of hydrogen-bond acceptors (Lipinski definition) is 6. The number of ether oxygens (including phenoxy) is 3. The van der Waals surface area contributed by atoms with Crippen molar-refractivity contribution in [1.29, 1.82) is 0 Å². The topological polar surface area (TPSA) is 43.0 Å². The van der Waals surface area contributed by atoms with Crippen LogP contribution in [0.5, 0.6) is 17.2 Å². The lowest BCUT2D eigenvalue weighted by Gasteiger charge is -2.39. The van der Waals surface area contributed by atoms with E-state index in [2.05, 4.69) is 56.0 Å². The van der Waals surface area contributed by atoms with E-state index in [0.29, 0.717) is 0 Å². The average molecular weight is 455 g/mol. The number of halogens is 1. The first kappa shape index (κ1) is 16.5. The molecular weight excluding hydrogens is 440 g/mol. The zero-order chi connectivity index (χ0) is 18.7. The van der Waals surface area contributed by atoms with Gasteiger partial charge in [0.15, 0.2) is 17.7 Å². The van der Waals surface area contributed by atoms with Crippen LogP contribution in [0.15, 0.2) is 64.5 Å². The van der Waals surface area contributed by atoms with Gasteiger partial charge in [-0.2, -0.15) is 5.01 Å². The first-order valence-corrected chi connectivity index (χ1v) is 10.6. The number of nitrogens with one attached hydrogen (secondary N) is 1. The van der Waals surface area contributed by atoms with Gasteiger partial charge in [0, 0.05) is 15.6 Å². The van der Waals surface area contributed by atoms with Crippen LogP contribution in [0.4, 0.5) is 0 Å². The Hall–Kier alpha value is -2.48. The molecule has 2 atom stereocenters. The molecule has 0 saturated heterocycles. The van der Waals surface area contributed by atoms with Crippen molar-refractivity contribution in [2.45, 2.75) is 12.3 Å². The molecule has 3 aliphatic heterocycles. The van der Waals surface area contributed by atoms with Crippen LogP contribution in [0, 0.1) is 0 Å². The van der Waals surface area contributed by atoms with Crippen molar-refractivity contribution < 1.29 is 14.2 Å². The number of thiophene rings is 1. The second kappa shape index (κ2) is 6.27. The molecule has 6 rings (SSSR count). The van der Waals surface area contributed by atoms with Crippen LogP contribution >= 0.6 is 27.3 Å². The van der Waals surface area contributed by atoms with Gasteiger partial charge >= 0.3 is 0 Å². The summed E-state index contributed by atoms with van der Waals surface area (Å²) in [5.74, 6) is 2.38. The van der Waals surface area contributed by atoms with Crippen LogP contribution in [-0.2, 0) is 0 Å². The molecule has 0 amide bonds. The minimum atomic E-state index is -0.322. The van der Waals surface area contributed by atoms with Gasteiger partial charge < -0.3 is 19.6 Å². The fraction of sp³-hybridized carbons (Fsp3) is 0.143. The van der Waals surface area contributed by atoms with E-state index in [-0.39, 0.29) is 19.1 Å². The molecule has 0 saturated carbocycles. The second-order valence-electron chi connectivity index (χ2n) is 6.76. The van der Waals surface area contributed by atoms with Gasteiger partial charge in [0.05, 0.1) is 16.6 Å². The maximum atomic E-state index is 6.45. The van der Waals surface area contributed by atoms with E-state index >= 15 is 0 Å². The molecule has 1 N–H and O–H groups in total. The molecule has 0 fully saturated rings. The monoisotopic (exact) mass is 454 g/mol. The standard InChI is InChI=1S/C21H15BrN2O3S/c22-14-9-19-18(25-11-26-19)8-13(14)21-24-16(12-4-1-2-5-17(12)27-21)10-15(23-24)20-6-3-7-28-20/h1-10,16,21,23H,11H2. The Kier molecular flexibility index (Phi) is 3.69. The molecule has 2 aromatic carbocycles. The van der Waals surface area contributed by atoms with Crippen LogP contribution in [-0.4, -0.2) is 11.8 Å². The number of hydrogen-bond donors (Lipinski definition) is 1. The molecule has 4 heterocycles. The lowest BCUT2D eigenvalue weighted by Crippen LogP contribution is -2.43. The number of nitrogens with zero attached hydrogens (tertiary/aromatic N) is 1. The molecule has 7 heteroatoms. The number of benzene rings is 2. The third-order valence-electron chi connectivity index (χ3n) is 5.15. The largest absolute Gasteiger partial charge is 0.469 e. The zero-order valence-electron chi connectivity index (χ0n) is 14.6. The van der Waals surface area contributed by atoms with Gasteiger partial charge in [-0.05, 0) is 35.7 Å². The summed E-state index contributed by atoms with van der Waals surface area (Å²) in [6.45, 7) is 0.244. The average Bonchev–Trinajstić information content (AvgIpc) is 3.45. The highest BCUT2D eigenvalue weighted by Crippen LogP contribution is 2.49. The second-order valence-corrected chi connectivity index (χ2v) is 8.56. The molecule has 5 nitrogen and oxygen atoms in total. The van der Waals surface area contributed by atoms with E-state index in [4.69, 9.17) is 14.2 Å². The summed E-state index contributed by atoms with van der Waals surface area (Å²) < 4.78 is 18.5. The van der Waals surface area contributed by atoms with E-state index in [0.717, 1.165) is 38.5 Å². The number of fused-ring (bicyclic) bond motifs is 4. The first-order chi connectivity index (χ1) is 13.8. The van der Waals surface area contributed by atoms with E-state index in [1.54, 1.807) is 11.3 Å². The van der Waals surface area contributed by atoms with Crippen LogP contribution in [0.25, 0.3) is 5.70 Å². The van der Waals surface area contributed by atoms with Gasteiger partial charge in [-0.1, -0.05) is 40.2 Å². The van der Waals surface area contributed by atoms with Crippen LogP contribution in [0.3, 0.4) is 0 Å². The molecule has 2 unspecified atom stereocenters. The van der Waals surface area contributed by atoms with Gasteiger partial charge in [0.25, 0.3) is 0 Å². The van der Waals surface area contributed by atoms with Gasteiger partial charge in [-0.3, -0.25) is 0 Å². The predicted molar refractivity (Wildman–Crippen MR) is 110 cm³/mol. The summed E-state index contributed by atoms with van der Waals surface area (Å²) in [6.07, 6.45) is 1.94. The van der Waals surface area contributed by atoms with Gasteiger partial charge in [0.1, 0.15) is 5.75 Å². The van der Waals surface area contributed by atoms with Crippen molar-refractivity contribution in [3.63, 3.8) is 0 Å². The minimum Gasteiger partial charge on any atom is -0.469 e. The molecular formula is C21H15BrN2O3S. The van der Waals surface area contributed by atoms with Gasteiger partial charge in [-0.25, -0.2) is 0 Å². The molecule has 0 aliphatic carbocycles. The Bertz CT molecular complexity index is 1100. The van der Waals surface area contributed by atoms with Crippen LogP contribution in [0.1, 0.15) is 28.3 Å². The lowest BCUT2D eigenvalue weighted by atomic mass is 10.0. The van der Waals surface area contributed by atoms with Crippen molar-refractivity contribution in [3.05, 3.63) is 80.5 Å². The highest BCUT2D eigenvalue weighted by molar-refractivity contribution is 9.10. The molecule has 3 aromatic rings. The van der Waals surface area contributed by atoms with Crippen molar-refractivity contribution in [2.24, 2.45) is 0 Å². The highest BCUT2D eigenvalue weighted by Gasteiger charge is 2.41. The molecule has 3 aliphatic rings. The third-order valence-corrected chi connectivity index (χ3v) is 6.74. The number of hydrazine groups is 1. The Morgan fingerprint density at radius 3 is 2.71 bits per heavy atom. The smallest absolute Gasteiger partial charge is 0.231 e. The quantitative estimate of drug-likeness (QED) is 0.573. The van der Waals surface area contributed by atoms with E-state index in [9.17, 15) is 0 Å². The zero-order valence-corrected chi connectivity index (χ0v) is 17.0. The van der Waals surface area contributed by atoms with Crippen molar-refractivity contribution in [2.75, 3.05) is 6.79 Å². The number of rotatable bonds is 2. The fourth-order valence-electron chi connectivity index (χ4n) is 3.84. The van der Waals surface area contributed by atoms with Crippen LogP contribution in [0.2, 0.25) is 0 Å². The highest BCUT2D eigenvalue weighted by atomic mass is 79.9. The third kappa shape index (κ3) is 2.47. The number of para-hydroxylation sites is 1. The summed E-state index contributed by atoms with van der Waals surface area (Å²) in [5.41, 5.74) is 6.80. The molecule has 140 valence electrons. The Balaban J connectivity index is 1.46. The van der Waals surface area contributed by atoms with Gasteiger partial charge in [-0.15, -0.1) is 11.3 Å². The normalized spacial score (nSPS) is 22.1. The van der Waals surface area contributed by atoms with E-state index in [1.165, 1.54) is 4.88 Å². The Morgan fingerprint density at radius 1 is 1.00 bits per heavy atom. The minimum absolute atomic E-state index is 0.0735. The maximum Gasteiger partial charge on any atom is 0.231 e. The SMILES string of the molecule is Brc1cc2c(cc1C1Oc3ccccc3C3C=C(c4cccs4)NN31)OCO2. The first-order valence-electron chi connectivity index (χ1n) is 8.93. The predicted octanol–water partition coefficient (Wildman–Crippen LogP) is 5.23. The maximum absolute atomic E-state index is 6.45. The van der Waals surface area contributed by atoms with Crippen molar-refractivity contribution in [3.8, 4) is 17.2 Å². The lowest BCUT2D eigenvalue weighted by molar-refractivity contribution is -0.0331.